The Kier molecular flexibility index (Phi) is 3.33. The zero-order chi connectivity index (χ0) is 12.3. The highest BCUT2D eigenvalue weighted by Crippen LogP contribution is 2.27. The van der Waals surface area contributed by atoms with E-state index in [0.717, 1.165) is 10.9 Å². The molecule has 0 aliphatic heterocycles. The lowest BCUT2D eigenvalue weighted by Gasteiger charge is -2.26. The van der Waals surface area contributed by atoms with Gasteiger partial charge in [-0.15, -0.1) is 11.3 Å². The number of methoxy groups -OCH3 is 1. The van der Waals surface area contributed by atoms with Gasteiger partial charge in [0.1, 0.15) is 5.75 Å². The molecule has 1 aromatic heterocycles. The highest BCUT2D eigenvalue weighted by atomic mass is 32.1. The first-order chi connectivity index (χ1) is 8.12. The van der Waals surface area contributed by atoms with Gasteiger partial charge in [0.2, 0.25) is 0 Å². The average molecular weight is 248 g/mol. The van der Waals surface area contributed by atoms with Crippen molar-refractivity contribution in [1.29, 1.82) is 0 Å². The van der Waals surface area contributed by atoms with Gasteiger partial charge in [0.25, 0.3) is 0 Å². The van der Waals surface area contributed by atoms with E-state index >= 15 is 0 Å². The lowest BCUT2D eigenvalue weighted by Crippen LogP contribution is -2.27. The average Bonchev–Trinajstić information content (AvgIpc) is 2.81. The maximum Gasteiger partial charge on any atom is 0.183 e. The van der Waals surface area contributed by atoms with Gasteiger partial charge < -0.3 is 10.1 Å². The summed E-state index contributed by atoms with van der Waals surface area (Å²) in [5.74, 6) is 0.874. The van der Waals surface area contributed by atoms with Crippen LogP contribution < -0.4 is 10.1 Å². The van der Waals surface area contributed by atoms with Crippen molar-refractivity contribution in [2.24, 2.45) is 0 Å². The van der Waals surface area contributed by atoms with E-state index in [1.165, 1.54) is 5.56 Å². The topological polar surface area (TPSA) is 34.1 Å². The molecule has 0 atom stereocenters. The van der Waals surface area contributed by atoms with Crippen LogP contribution in [0.25, 0.3) is 0 Å². The Balaban J connectivity index is 2.18. The number of benzene rings is 1. The van der Waals surface area contributed by atoms with Gasteiger partial charge in [0.05, 0.1) is 12.6 Å². The van der Waals surface area contributed by atoms with E-state index in [1.807, 2.05) is 17.5 Å². The standard InChI is InChI=1S/C13H16N2OS/c1-13(2,15-12-14-8-9-17-12)10-4-6-11(16-3)7-5-10/h4-9H,1-3H3,(H,14,15). The molecular weight excluding hydrogens is 232 g/mol. The molecule has 0 saturated heterocycles. The van der Waals surface area contributed by atoms with Gasteiger partial charge in [-0.05, 0) is 31.5 Å². The second kappa shape index (κ2) is 4.75. The smallest absolute Gasteiger partial charge is 0.183 e. The first kappa shape index (κ1) is 11.9. The van der Waals surface area contributed by atoms with Crippen molar-refractivity contribution in [2.75, 3.05) is 12.4 Å². The fraction of sp³-hybridized carbons (Fsp3) is 0.308. The minimum absolute atomic E-state index is 0.149. The zero-order valence-electron chi connectivity index (χ0n) is 10.2. The molecule has 0 amide bonds. The van der Waals surface area contributed by atoms with Crippen LogP contribution in [-0.2, 0) is 5.54 Å². The number of hydrogen-bond acceptors (Lipinski definition) is 4. The summed E-state index contributed by atoms with van der Waals surface area (Å²) < 4.78 is 5.16. The van der Waals surface area contributed by atoms with Crippen LogP contribution in [0, 0.1) is 0 Å². The Morgan fingerprint density at radius 3 is 2.47 bits per heavy atom. The van der Waals surface area contributed by atoms with E-state index in [0.29, 0.717) is 0 Å². The third-order valence-electron chi connectivity index (χ3n) is 2.66. The van der Waals surface area contributed by atoms with Crippen LogP contribution in [0.15, 0.2) is 35.8 Å². The largest absolute Gasteiger partial charge is 0.497 e. The van der Waals surface area contributed by atoms with Gasteiger partial charge in [0.15, 0.2) is 5.13 Å². The first-order valence-electron chi connectivity index (χ1n) is 5.44. The number of nitrogens with one attached hydrogen (secondary N) is 1. The lowest BCUT2D eigenvalue weighted by atomic mass is 9.94. The Morgan fingerprint density at radius 2 is 1.94 bits per heavy atom. The highest BCUT2D eigenvalue weighted by Gasteiger charge is 2.20. The predicted octanol–water partition coefficient (Wildman–Crippen LogP) is 3.50. The molecular formula is C13H16N2OS. The Bertz CT molecular complexity index is 463. The van der Waals surface area contributed by atoms with E-state index in [1.54, 1.807) is 24.6 Å². The van der Waals surface area contributed by atoms with Gasteiger partial charge in [-0.2, -0.15) is 0 Å². The number of rotatable bonds is 4. The second-order valence-corrected chi connectivity index (χ2v) is 5.21. The number of nitrogens with zero attached hydrogens (tertiary/aromatic N) is 1. The minimum atomic E-state index is -0.149. The Morgan fingerprint density at radius 1 is 1.24 bits per heavy atom. The summed E-state index contributed by atoms with van der Waals surface area (Å²) in [5, 5.41) is 6.32. The van der Waals surface area contributed by atoms with Gasteiger partial charge in [0, 0.05) is 11.6 Å². The van der Waals surface area contributed by atoms with Crippen molar-refractivity contribution in [2.45, 2.75) is 19.4 Å². The Hall–Kier alpha value is -1.55. The molecule has 90 valence electrons. The summed E-state index contributed by atoms with van der Waals surface area (Å²) in [6.07, 6.45) is 1.80. The van der Waals surface area contributed by atoms with Crippen molar-refractivity contribution < 1.29 is 4.74 Å². The van der Waals surface area contributed by atoms with E-state index in [9.17, 15) is 0 Å². The molecule has 0 fully saturated rings. The van der Waals surface area contributed by atoms with Crippen molar-refractivity contribution in [3.8, 4) is 5.75 Å². The van der Waals surface area contributed by atoms with E-state index in [4.69, 9.17) is 4.74 Å². The summed E-state index contributed by atoms with van der Waals surface area (Å²) in [5.41, 5.74) is 1.05. The van der Waals surface area contributed by atoms with Crippen LogP contribution in [0.5, 0.6) is 5.75 Å². The maximum absolute atomic E-state index is 5.16. The minimum Gasteiger partial charge on any atom is -0.497 e. The fourth-order valence-corrected chi connectivity index (χ4v) is 2.32. The summed E-state index contributed by atoms with van der Waals surface area (Å²) in [4.78, 5) is 4.24. The zero-order valence-corrected chi connectivity index (χ0v) is 11.0. The molecule has 0 bridgehead atoms. The van der Waals surface area contributed by atoms with Crippen LogP contribution in [0.1, 0.15) is 19.4 Å². The maximum atomic E-state index is 5.16. The molecule has 3 nitrogen and oxygen atoms in total. The molecule has 0 unspecified atom stereocenters. The predicted molar refractivity (Wildman–Crippen MR) is 71.8 cm³/mol. The molecule has 1 aromatic carbocycles. The molecule has 4 heteroatoms. The van der Waals surface area contributed by atoms with Crippen LogP contribution >= 0.6 is 11.3 Å². The van der Waals surface area contributed by atoms with Gasteiger partial charge >= 0.3 is 0 Å². The van der Waals surface area contributed by atoms with Gasteiger partial charge in [-0.1, -0.05) is 12.1 Å². The van der Waals surface area contributed by atoms with Crippen molar-refractivity contribution >= 4 is 16.5 Å². The lowest BCUT2D eigenvalue weighted by molar-refractivity contribution is 0.414. The summed E-state index contributed by atoms with van der Waals surface area (Å²) in [6.45, 7) is 4.27. The number of hydrogen-bond donors (Lipinski definition) is 1. The first-order valence-corrected chi connectivity index (χ1v) is 6.32. The normalized spacial score (nSPS) is 11.2. The molecule has 17 heavy (non-hydrogen) atoms. The third kappa shape index (κ3) is 2.77. The van der Waals surface area contributed by atoms with Crippen molar-refractivity contribution in [3.05, 3.63) is 41.4 Å². The second-order valence-electron chi connectivity index (χ2n) is 4.32. The summed E-state index contributed by atoms with van der Waals surface area (Å²) in [7, 11) is 1.67. The fourth-order valence-electron chi connectivity index (χ4n) is 1.63. The molecule has 0 aliphatic rings. The van der Waals surface area contributed by atoms with E-state index in [2.05, 4.69) is 36.3 Å². The van der Waals surface area contributed by atoms with Gasteiger partial charge in [-0.3, -0.25) is 0 Å². The van der Waals surface area contributed by atoms with Crippen LogP contribution in [0.3, 0.4) is 0 Å². The number of anilines is 1. The van der Waals surface area contributed by atoms with Crippen LogP contribution in [-0.4, -0.2) is 12.1 Å². The quantitative estimate of drug-likeness (QED) is 0.899. The molecule has 2 rings (SSSR count). The molecule has 1 heterocycles. The van der Waals surface area contributed by atoms with E-state index in [-0.39, 0.29) is 5.54 Å². The highest BCUT2D eigenvalue weighted by molar-refractivity contribution is 7.13. The number of aromatic nitrogens is 1. The van der Waals surface area contributed by atoms with Crippen LogP contribution in [0.2, 0.25) is 0 Å². The number of ether oxygens (including phenoxy) is 1. The summed E-state index contributed by atoms with van der Waals surface area (Å²) >= 11 is 1.61. The molecule has 0 aliphatic carbocycles. The van der Waals surface area contributed by atoms with Crippen molar-refractivity contribution in [3.63, 3.8) is 0 Å². The molecule has 1 N–H and O–H groups in total. The molecule has 0 radical (unpaired) electrons. The van der Waals surface area contributed by atoms with Crippen molar-refractivity contribution in [1.82, 2.24) is 4.98 Å². The molecule has 2 aromatic rings. The monoisotopic (exact) mass is 248 g/mol. The summed E-state index contributed by atoms with van der Waals surface area (Å²) in [6, 6.07) is 8.08. The molecule has 0 spiro atoms. The van der Waals surface area contributed by atoms with Gasteiger partial charge in [-0.25, -0.2) is 4.98 Å². The number of thiazole rings is 1. The van der Waals surface area contributed by atoms with E-state index < -0.39 is 0 Å². The third-order valence-corrected chi connectivity index (χ3v) is 3.35. The van der Waals surface area contributed by atoms with Crippen LogP contribution in [0.4, 0.5) is 5.13 Å². The Labute approximate surface area is 105 Å². The SMILES string of the molecule is COc1ccc(C(C)(C)Nc2nccs2)cc1. The molecule has 0 saturated carbocycles.